The van der Waals surface area contributed by atoms with Crippen molar-refractivity contribution in [1.29, 1.82) is 0 Å². The van der Waals surface area contributed by atoms with Gasteiger partial charge in [-0.05, 0) is 17.7 Å². The topological polar surface area (TPSA) is 52.7 Å². The number of piperazine rings is 1. The van der Waals surface area contributed by atoms with Crippen molar-refractivity contribution in [2.45, 2.75) is 34.2 Å². The third kappa shape index (κ3) is 5.64. The maximum absolute atomic E-state index is 12.0. The molecule has 134 valence electrons. The number of hydrogen-bond acceptors (Lipinski definition) is 3. The molecule has 0 bridgehead atoms. The molecule has 1 N–H and O–H groups in total. The van der Waals surface area contributed by atoms with Crippen molar-refractivity contribution in [3.8, 4) is 0 Å². The molecule has 1 heterocycles. The van der Waals surface area contributed by atoms with Gasteiger partial charge >= 0.3 is 0 Å². The molecule has 5 heteroatoms. The Morgan fingerprint density at radius 3 is 2.04 bits per heavy atom. The van der Waals surface area contributed by atoms with Gasteiger partial charge in [0.25, 0.3) is 5.91 Å². The lowest BCUT2D eigenvalue weighted by molar-refractivity contribution is -0.136. The quantitative estimate of drug-likeness (QED) is 0.920. The van der Waals surface area contributed by atoms with E-state index < -0.39 is 0 Å². The Hall–Kier alpha value is -1.88. The summed E-state index contributed by atoms with van der Waals surface area (Å²) in [5.41, 5.74) is 1.87. The zero-order valence-corrected chi connectivity index (χ0v) is 15.6. The summed E-state index contributed by atoms with van der Waals surface area (Å²) < 4.78 is 0. The van der Waals surface area contributed by atoms with Crippen molar-refractivity contribution >= 4 is 11.8 Å². The Bertz CT molecular complexity index is 518. The molecule has 0 radical (unpaired) electrons. The number of nitrogens with zero attached hydrogens (tertiary/aromatic N) is 2. The van der Waals surface area contributed by atoms with Crippen LogP contribution in [0.2, 0.25) is 0 Å². The van der Waals surface area contributed by atoms with Gasteiger partial charge in [-0.1, -0.05) is 39.8 Å². The largest absolute Gasteiger partial charge is 0.355 e. The molecule has 24 heavy (non-hydrogen) atoms. The molecule has 1 fully saturated rings. The number of rotatable bonds is 4. The van der Waals surface area contributed by atoms with Crippen LogP contribution < -0.4 is 5.32 Å². The van der Waals surface area contributed by atoms with Crippen molar-refractivity contribution in [3.63, 3.8) is 0 Å². The monoisotopic (exact) mass is 333 g/mol. The van der Waals surface area contributed by atoms with Gasteiger partial charge in [0.1, 0.15) is 0 Å². The Kier molecular flexibility index (Phi) is 8.47. The molecule has 0 unspecified atom stereocenters. The molecule has 0 aliphatic carbocycles. The summed E-state index contributed by atoms with van der Waals surface area (Å²) in [5, 5.41) is 2.62. The third-order valence-corrected chi connectivity index (χ3v) is 4.03. The summed E-state index contributed by atoms with van der Waals surface area (Å²) in [6.45, 7) is 12.1. The highest BCUT2D eigenvalue weighted by molar-refractivity contribution is 5.93. The van der Waals surface area contributed by atoms with Gasteiger partial charge in [-0.15, -0.1) is 0 Å². The minimum Gasteiger partial charge on any atom is -0.355 e. The smallest absolute Gasteiger partial charge is 0.251 e. The highest BCUT2D eigenvalue weighted by Crippen LogP contribution is 2.12. The van der Waals surface area contributed by atoms with Gasteiger partial charge in [-0.3, -0.25) is 14.5 Å². The van der Waals surface area contributed by atoms with Crippen LogP contribution in [0.4, 0.5) is 0 Å². The molecular formula is C19H31N3O2. The molecule has 0 spiro atoms. The van der Waals surface area contributed by atoms with Crippen LogP contribution in [0.1, 0.15) is 43.6 Å². The summed E-state index contributed by atoms with van der Waals surface area (Å²) in [7, 11) is 1.63. The maximum Gasteiger partial charge on any atom is 0.251 e. The van der Waals surface area contributed by atoms with E-state index in [0.29, 0.717) is 5.56 Å². The van der Waals surface area contributed by atoms with Crippen LogP contribution in [0.5, 0.6) is 0 Å². The fraction of sp³-hybridized carbons (Fsp3) is 0.579. The predicted molar refractivity (Wildman–Crippen MR) is 97.9 cm³/mol. The zero-order valence-electron chi connectivity index (χ0n) is 15.6. The molecule has 5 nitrogen and oxygen atoms in total. The van der Waals surface area contributed by atoms with Crippen molar-refractivity contribution in [1.82, 2.24) is 15.1 Å². The number of hydrogen-bond donors (Lipinski definition) is 1. The van der Waals surface area contributed by atoms with E-state index in [1.54, 1.807) is 7.05 Å². The predicted octanol–water partition coefficient (Wildman–Crippen LogP) is 2.37. The van der Waals surface area contributed by atoms with Gasteiger partial charge in [0, 0.05) is 51.3 Å². The summed E-state index contributed by atoms with van der Waals surface area (Å²) in [5.74, 6) is 0.255. The van der Waals surface area contributed by atoms with Crippen LogP contribution in [0.3, 0.4) is 0 Å². The van der Waals surface area contributed by atoms with E-state index in [9.17, 15) is 9.59 Å². The highest BCUT2D eigenvalue weighted by Gasteiger charge is 2.22. The summed E-state index contributed by atoms with van der Waals surface area (Å²) in [4.78, 5) is 27.8. The van der Waals surface area contributed by atoms with Gasteiger partial charge in [-0.2, -0.15) is 0 Å². The van der Waals surface area contributed by atoms with Crippen molar-refractivity contribution < 1.29 is 9.59 Å². The first-order chi connectivity index (χ1) is 11.5. The SMILES string of the molecule is CC.CNC(=O)c1ccc(CN2CCN(C(=O)C(C)C)CC2)cc1. The van der Waals surface area contributed by atoms with Crippen LogP contribution in [0.15, 0.2) is 24.3 Å². The minimum atomic E-state index is -0.0626. The van der Waals surface area contributed by atoms with E-state index in [0.717, 1.165) is 32.7 Å². The lowest BCUT2D eigenvalue weighted by Crippen LogP contribution is -2.49. The van der Waals surface area contributed by atoms with Crippen molar-refractivity contribution in [2.24, 2.45) is 5.92 Å². The third-order valence-electron chi connectivity index (χ3n) is 4.03. The van der Waals surface area contributed by atoms with E-state index in [1.807, 2.05) is 56.9 Å². The number of amides is 2. The number of carbonyl (C=O) groups is 2. The van der Waals surface area contributed by atoms with Crippen LogP contribution in [-0.2, 0) is 11.3 Å². The van der Waals surface area contributed by atoms with Crippen molar-refractivity contribution in [2.75, 3.05) is 33.2 Å². The first kappa shape index (κ1) is 20.2. The molecule has 1 aliphatic rings. The summed E-state index contributed by atoms with van der Waals surface area (Å²) in [6.07, 6.45) is 0. The zero-order chi connectivity index (χ0) is 18.1. The first-order valence-corrected chi connectivity index (χ1v) is 8.83. The fourth-order valence-corrected chi connectivity index (χ4v) is 2.66. The van der Waals surface area contributed by atoms with E-state index in [1.165, 1.54) is 5.56 Å². The average molecular weight is 333 g/mol. The molecular weight excluding hydrogens is 302 g/mol. The van der Waals surface area contributed by atoms with E-state index in [-0.39, 0.29) is 17.7 Å². The van der Waals surface area contributed by atoms with Gasteiger partial charge in [-0.25, -0.2) is 0 Å². The molecule has 2 amide bonds. The lowest BCUT2D eigenvalue weighted by atomic mass is 10.1. The average Bonchev–Trinajstić information content (AvgIpc) is 2.63. The van der Waals surface area contributed by atoms with Crippen LogP contribution >= 0.6 is 0 Å². The number of carbonyl (C=O) groups excluding carboxylic acids is 2. The second-order valence-corrected chi connectivity index (χ2v) is 6.03. The first-order valence-electron chi connectivity index (χ1n) is 8.83. The van der Waals surface area contributed by atoms with Gasteiger partial charge < -0.3 is 10.2 Å². The Morgan fingerprint density at radius 1 is 1.04 bits per heavy atom. The van der Waals surface area contributed by atoms with Crippen LogP contribution in [0, 0.1) is 5.92 Å². The second-order valence-electron chi connectivity index (χ2n) is 6.03. The molecule has 1 saturated heterocycles. The molecule has 1 aromatic carbocycles. The lowest BCUT2D eigenvalue weighted by Gasteiger charge is -2.35. The van der Waals surface area contributed by atoms with Crippen molar-refractivity contribution in [3.05, 3.63) is 35.4 Å². The summed E-state index contributed by atoms with van der Waals surface area (Å²) in [6, 6.07) is 7.70. The molecule has 1 aliphatic heterocycles. The molecule has 0 atom stereocenters. The molecule has 1 aromatic rings. The van der Waals surface area contributed by atoms with E-state index >= 15 is 0 Å². The molecule has 2 rings (SSSR count). The number of benzene rings is 1. The maximum atomic E-state index is 12.0. The fourth-order valence-electron chi connectivity index (χ4n) is 2.66. The number of nitrogens with one attached hydrogen (secondary N) is 1. The Morgan fingerprint density at radius 2 is 1.58 bits per heavy atom. The minimum absolute atomic E-state index is 0.0626. The van der Waals surface area contributed by atoms with Crippen LogP contribution in [-0.4, -0.2) is 54.8 Å². The van der Waals surface area contributed by atoms with Crippen LogP contribution in [0.25, 0.3) is 0 Å². The van der Waals surface area contributed by atoms with E-state index in [2.05, 4.69) is 10.2 Å². The molecule has 0 saturated carbocycles. The van der Waals surface area contributed by atoms with Gasteiger partial charge in [0.05, 0.1) is 0 Å². The van der Waals surface area contributed by atoms with Gasteiger partial charge in [0.2, 0.25) is 5.91 Å². The normalized spacial score (nSPS) is 14.8. The summed E-state index contributed by atoms with van der Waals surface area (Å²) >= 11 is 0. The molecule has 0 aromatic heterocycles. The van der Waals surface area contributed by atoms with E-state index in [4.69, 9.17) is 0 Å². The Labute approximate surface area is 146 Å². The highest BCUT2D eigenvalue weighted by atomic mass is 16.2. The standard InChI is InChI=1S/C17H25N3O2.C2H6/c1-13(2)17(22)20-10-8-19(9-11-20)12-14-4-6-15(7-5-14)16(21)18-3;1-2/h4-7,13H,8-12H2,1-3H3,(H,18,21);1-2H3. The van der Waals surface area contributed by atoms with Gasteiger partial charge in [0.15, 0.2) is 0 Å². The second kappa shape index (κ2) is 10.1. The Balaban J connectivity index is 0.00000139.